The van der Waals surface area contributed by atoms with Gasteiger partial charge in [-0.1, -0.05) is 18.5 Å². The van der Waals surface area contributed by atoms with Crippen molar-refractivity contribution in [3.63, 3.8) is 0 Å². The maximum Gasteiger partial charge on any atom is 0.276 e. The van der Waals surface area contributed by atoms with E-state index in [1.54, 1.807) is 30.2 Å². The van der Waals surface area contributed by atoms with Gasteiger partial charge in [-0.15, -0.1) is 0 Å². The smallest absolute Gasteiger partial charge is 0.276 e. The van der Waals surface area contributed by atoms with Gasteiger partial charge in [-0.2, -0.15) is 0 Å². The van der Waals surface area contributed by atoms with Crippen molar-refractivity contribution in [2.45, 2.75) is 13.3 Å². The summed E-state index contributed by atoms with van der Waals surface area (Å²) in [6.45, 7) is 2.58. The third-order valence-electron chi connectivity index (χ3n) is 3.21. The molecule has 118 valence electrons. The lowest BCUT2D eigenvalue weighted by atomic mass is 10.1. The Kier molecular flexibility index (Phi) is 5.26. The Balaban J connectivity index is 2.39. The van der Waals surface area contributed by atoms with Crippen molar-refractivity contribution in [1.82, 2.24) is 10.2 Å². The van der Waals surface area contributed by atoms with Crippen LogP contribution in [0.15, 0.2) is 17.8 Å². The molecule has 0 aromatic heterocycles. The minimum absolute atomic E-state index is 0.152. The topological polar surface area (TPSA) is 50.8 Å². The highest BCUT2D eigenvalue weighted by molar-refractivity contribution is 7.80. The molecule has 1 fully saturated rings. The van der Waals surface area contributed by atoms with Crippen LogP contribution in [0.3, 0.4) is 0 Å². The van der Waals surface area contributed by atoms with E-state index in [1.807, 2.05) is 6.92 Å². The molecular formula is C15H17ClN2O3S. The summed E-state index contributed by atoms with van der Waals surface area (Å²) in [7, 11) is 3.07. The summed E-state index contributed by atoms with van der Waals surface area (Å²) in [6, 6.07) is 3.36. The fourth-order valence-electron chi connectivity index (χ4n) is 2.15. The number of amides is 1. The monoisotopic (exact) mass is 340 g/mol. The number of ether oxygens (including phenoxy) is 2. The Morgan fingerprint density at radius 1 is 1.32 bits per heavy atom. The van der Waals surface area contributed by atoms with Gasteiger partial charge >= 0.3 is 0 Å². The number of thiocarbonyl (C=S) groups is 1. The minimum atomic E-state index is -0.152. The maximum absolute atomic E-state index is 12.3. The van der Waals surface area contributed by atoms with Crippen LogP contribution < -0.4 is 14.8 Å². The quantitative estimate of drug-likeness (QED) is 0.660. The number of hydrogen-bond donors (Lipinski definition) is 1. The fraction of sp³-hybridized carbons (Fsp3) is 0.333. The molecule has 1 N–H and O–H groups in total. The normalized spacial score (nSPS) is 16.2. The standard InChI is InChI=1S/C15H17ClN2O3S/c1-4-5-18-14(19)11(17-15(18)22)7-9-6-10(16)13(21-3)8-12(9)20-2/h6-8H,4-5H2,1-3H3,(H,17,22)/b11-7-. The molecule has 1 saturated heterocycles. The van der Waals surface area contributed by atoms with Crippen LogP contribution in [0.4, 0.5) is 0 Å². The molecule has 1 aliphatic rings. The van der Waals surface area contributed by atoms with Gasteiger partial charge < -0.3 is 14.8 Å². The van der Waals surface area contributed by atoms with Gasteiger partial charge in [0.05, 0.1) is 19.2 Å². The highest BCUT2D eigenvalue weighted by Crippen LogP contribution is 2.34. The van der Waals surface area contributed by atoms with Crippen molar-refractivity contribution in [1.29, 1.82) is 0 Å². The summed E-state index contributed by atoms with van der Waals surface area (Å²) in [5, 5.41) is 3.78. The van der Waals surface area contributed by atoms with Crippen molar-refractivity contribution in [2.24, 2.45) is 0 Å². The van der Waals surface area contributed by atoms with Gasteiger partial charge in [0.15, 0.2) is 5.11 Å². The summed E-state index contributed by atoms with van der Waals surface area (Å²) in [5.41, 5.74) is 1.07. The number of methoxy groups -OCH3 is 2. The molecule has 0 aliphatic carbocycles. The maximum atomic E-state index is 12.3. The lowest BCUT2D eigenvalue weighted by Gasteiger charge is -2.11. The first-order valence-corrected chi connectivity index (χ1v) is 7.56. The number of hydrogen-bond acceptors (Lipinski definition) is 4. The van der Waals surface area contributed by atoms with Crippen molar-refractivity contribution in [2.75, 3.05) is 20.8 Å². The Hall–Kier alpha value is -1.79. The molecule has 2 rings (SSSR count). The number of carbonyl (C=O) groups is 1. The van der Waals surface area contributed by atoms with Crippen molar-refractivity contribution in [3.8, 4) is 11.5 Å². The average Bonchev–Trinajstić information content (AvgIpc) is 2.75. The molecule has 0 atom stereocenters. The SMILES string of the molecule is CCCN1C(=O)/C(=C/c2cc(Cl)c(OC)cc2OC)NC1=S. The van der Waals surface area contributed by atoms with Crippen LogP contribution in [0.1, 0.15) is 18.9 Å². The summed E-state index contributed by atoms with van der Waals surface area (Å²) in [6.07, 6.45) is 2.51. The van der Waals surface area contributed by atoms with Crippen LogP contribution >= 0.6 is 23.8 Å². The average molecular weight is 341 g/mol. The number of benzene rings is 1. The van der Waals surface area contributed by atoms with Gasteiger partial charge in [0.25, 0.3) is 5.91 Å². The summed E-state index contributed by atoms with van der Waals surface area (Å²) >= 11 is 11.3. The largest absolute Gasteiger partial charge is 0.496 e. The molecule has 1 heterocycles. The van der Waals surface area contributed by atoms with E-state index in [4.69, 9.17) is 33.3 Å². The number of rotatable bonds is 5. The van der Waals surface area contributed by atoms with Crippen LogP contribution in [0, 0.1) is 0 Å². The number of nitrogens with zero attached hydrogens (tertiary/aromatic N) is 1. The highest BCUT2D eigenvalue weighted by atomic mass is 35.5. The second-order valence-corrected chi connectivity index (χ2v) is 5.47. The highest BCUT2D eigenvalue weighted by Gasteiger charge is 2.30. The van der Waals surface area contributed by atoms with Gasteiger partial charge in [0, 0.05) is 18.2 Å². The fourth-order valence-corrected chi connectivity index (χ4v) is 2.68. The van der Waals surface area contributed by atoms with E-state index in [0.29, 0.717) is 39.4 Å². The van der Waals surface area contributed by atoms with Crippen LogP contribution in [0.5, 0.6) is 11.5 Å². The molecule has 1 aromatic rings. The zero-order valence-electron chi connectivity index (χ0n) is 12.6. The molecule has 0 spiro atoms. The molecular weight excluding hydrogens is 324 g/mol. The second kappa shape index (κ2) is 6.98. The van der Waals surface area contributed by atoms with Crippen LogP contribution in [-0.2, 0) is 4.79 Å². The zero-order chi connectivity index (χ0) is 16.3. The van der Waals surface area contributed by atoms with Gasteiger partial charge in [-0.25, -0.2) is 0 Å². The molecule has 22 heavy (non-hydrogen) atoms. The van der Waals surface area contributed by atoms with Crippen LogP contribution in [0.25, 0.3) is 6.08 Å². The van der Waals surface area contributed by atoms with E-state index in [-0.39, 0.29) is 5.91 Å². The zero-order valence-corrected chi connectivity index (χ0v) is 14.2. The minimum Gasteiger partial charge on any atom is -0.496 e. The second-order valence-electron chi connectivity index (χ2n) is 4.67. The third kappa shape index (κ3) is 3.18. The Bertz CT molecular complexity index is 646. The van der Waals surface area contributed by atoms with Crippen molar-refractivity contribution >= 4 is 40.9 Å². The third-order valence-corrected chi connectivity index (χ3v) is 3.83. The molecule has 1 amide bonds. The molecule has 1 aliphatic heterocycles. The van der Waals surface area contributed by atoms with Gasteiger partial charge in [0.1, 0.15) is 17.2 Å². The van der Waals surface area contributed by atoms with E-state index < -0.39 is 0 Å². The first-order valence-electron chi connectivity index (χ1n) is 6.77. The molecule has 1 aromatic carbocycles. The van der Waals surface area contributed by atoms with E-state index in [1.165, 1.54) is 7.11 Å². The summed E-state index contributed by atoms with van der Waals surface area (Å²) in [5.74, 6) is 0.915. The number of nitrogens with one attached hydrogen (secondary N) is 1. The lowest BCUT2D eigenvalue weighted by Crippen LogP contribution is -2.31. The van der Waals surface area contributed by atoms with Crippen molar-refractivity contribution in [3.05, 3.63) is 28.4 Å². The molecule has 0 radical (unpaired) electrons. The summed E-state index contributed by atoms with van der Waals surface area (Å²) < 4.78 is 10.5. The van der Waals surface area contributed by atoms with Crippen LogP contribution in [0.2, 0.25) is 5.02 Å². The van der Waals surface area contributed by atoms with Gasteiger partial charge in [-0.05, 0) is 30.8 Å². The predicted molar refractivity (Wildman–Crippen MR) is 90.3 cm³/mol. The molecule has 0 unspecified atom stereocenters. The van der Waals surface area contributed by atoms with Crippen molar-refractivity contribution < 1.29 is 14.3 Å². The van der Waals surface area contributed by atoms with E-state index >= 15 is 0 Å². The van der Waals surface area contributed by atoms with Crippen LogP contribution in [-0.4, -0.2) is 36.7 Å². The summed E-state index contributed by atoms with van der Waals surface area (Å²) in [4.78, 5) is 13.9. The van der Waals surface area contributed by atoms with E-state index in [2.05, 4.69) is 5.32 Å². The Labute approximate surface area is 139 Å². The molecule has 7 heteroatoms. The first kappa shape index (κ1) is 16.6. The molecule has 0 bridgehead atoms. The molecule has 5 nitrogen and oxygen atoms in total. The van der Waals surface area contributed by atoms with Gasteiger partial charge in [0.2, 0.25) is 0 Å². The van der Waals surface area contributed by atoms with Gasteiger partial charge in [-0.3, -0.25) is 9.69 Å². The Morgan fingerprint density at radius 2 is 2.00 bits per heavy atom. The van der Waals surface area contributed by atoms with E-state index in [0.717, 1.165) is 6.42 Å². The number of halogens is 1. The Morgan fingerprint density at radius 3 is 2.59 bits per heavy atom. The lowest BCUT2D eigenvalue weighted by molar-refractivity contribution is -0.122. The molecule has 0 saturated carbocycles. The predicted octanol–water partition coefficient (Wildman–Crippen LogP) is 2.82. The van der Waals surface area contributed by atoms with E-state index in [9.17, 15) is 4.79 Å². The number of carbonyl (C=O) groups excluding carboxylic acids is 1. The first-order chi connectivity index (χ1) is 10.5.